The molecule has 178 valence electrons. The summed E-state index contributed by atoms with van der Waals surface area (Å²) in [5.74, 6) is -5.86. The highest BCUT2D eigenvalue weighted by Crippen LogP contribution is 2.32. The van der Waals surface area contributed by atoms with E-state index in [1.54, 1.807) is 0 Å². The average Bonchev–Trinajstić information content (AvgIpc) is 3.32. The molecule has 35 heavy (non-hydrogen) atoms. The molecule has 0 unspecified atom stereocenters. The van der Waals surface area contributed by atoms with Gasteiger partial charge >= 0.3 is 0 Å². The van der Waals surface area contributed by atoms with Crippen LogP contribution in [-0.4, -0.2) is 34.1 Å². The number of nitrogens with zero attached hydrogens (tertiary/aromatic N) is 1. The van der Waals surface area contributed by atoms with Gasteiger partial charge < -0.3 is 15.6 Å². The molecule has 0 radical (unpaired) electrons. The fourth-order valence-corrected chi connectivity index (χ4v) is 3.92. The quantitative estimate of drug-likeness (QED) is 0.237. The van der Waals surface area contributed by atoms with E-state index in [0.717, 1.165) is 40.3 Å². The smallest absolute Gasteiger partial charge is 0.243 e. The lowest BCUT2D eigenvalue weighted by Gasteiger charge is -2.08. The maximum Gasteiger partial charge on any atom is 0.243 e. The lowest BCUT2D eigenvalue weighted by molar-refractivity contribution is -0.122. The number of hydrogen-bond donors (Lipinski definition) is 3. The summed E-state index contributed by atoms with van der Waals surface area (Å²) in [4.78, 5) is 32.1. The number of halogens is 3. The number of imidazole rings is 1. The van der Waals surface area contributed by atoms with Gasteiger partial charge in [-0.2, -0.15) is 0 Å². The molecule has 0 saturated heterocycles. The van der Waals surface area contributed by atoms with Crippen molar-refractivity contribution in [2.75, 3.05) is 17.6 Å². The number of thioether (sulfide) groups is 1. The van der Waals surface area contributed by atoms with Gasteiger partial charge in [-0.1, -0.05) is 72.4 Å². The van der Waals surface area contributed by atoms with Crippen LogP contribution in [0.25, 0.3) is 22.5 Å². The third kappa shape index (κ3) is 5.90. The van der Waals surface area contributed by atoms with Gasteiger partial charge in [0.1, 0.15) is 0 Å². The van der Waals surface area contributed by atoms with Gasteiger partial charge in [-0.3, -0.25) is 9.59 Å². The predicted molar refractivity (Wildman–Crippen MR) is 128 cm³/mol. The van der Waals surface area contributed by atoms with E-state index >= 15 is 0 Å². The number of amides is 2. The molecule has 0 aliphatic heterocycles. The van der Waals surface area contributed by atoms with E-state index in [1.165, 1.54) is 0 Å². The van der Waals surface area contributed by atoms with Crippen LogP contribution in [0, 0.1) is 17.5 Å². The van der Waals surface area contributed by atoms with Crippen LogP contribution >= 0.6 is 11.8 Å². The number of carbonyl (C=O) groups excluding carboxylic acids is 2. The molecule has 0 saturated carbocycles. The Morgan fingerprint density at radius 3 is 2.17 bits per heavy atom. The third-order valence-corrected chi connectivity index (χ3v) is 5.76. The number of hydrogen-bond acceptors (Lipinski definition) is 4. The molecule has 1 aromatic heterocycles. The van der Waals surface area contributed by atoms with E-state index < -0.39 is 41.5 Å². The van der Waals surface area contributed by atoms with Crippen molar-refractivity contribution >= 4 is 29.3 Å². The van der Waals surface area contributed by atoms with Crippen LogP contribution in [0.15, 0.2) is 78.0 Å². The van der Waals surface area contributed by atoms with Gasteiger partial charge in [-0.25, -0.2) is 18.2 Å². The van der Waals surface area contributed by atoms with Crippen LogP contribution < -0.4 is 10.6 Å². The zero-order valence-electron chi connectivity index (χ0n) is 18.1. The summed E-state index contributed by atoms with van der Waals surface area (Å²) in [6, 6.07) is 20.9. The number of aromatic nitrogens is 2. The van der Waals surface area contributed by atoms with Crippen molar-refractivity contribution in [3.05, 3.63) is 90.2 Å². The van der Waals surface area contributed by atoms with E-state index in [0.29, 0.717) is 11.2 Å². The first-order valence-corrected chi connectivity index (χ1v) is 11.4. The van der Waals surface area contributed by atoms with E-state index in [2.05, 4.69) is 20.6 Å². The summed E-state index contributed by atoms with van der Waals surface area (Å²) in [5.41, 5.74) is 2.90. The first kappa shape index (κ1) is 24.1. The molecule has 4 rings (SSSR count). The Labute approximate surface area is 203 Å². The Morgan fingerprint density at radius 2 is 1.49 bits per heavy atom. The van der Waals surface area contributed by atoms with Crippen molar-refractivity contribution in [2.45, 2.75) is 5.16 Å². The molecule has 0 aliphatic rings. The lowest BCUT2D eigenvalue weighted by atomic mass is 10.1. The molecule has 0 spiro atoms. The minimum absolute atomic E-state index is 0.0389. The van der Waals surface area contributed by atoms with E-state index in [9.17, 15) is 22.8 Å². The highest BCUT2D eigenvalue weighted by molar-refractivity contribution is 7.99. The summed E-state index contributed by atoms with van der Waals surface area (Å²) in [7, 11) is 0. The first-order valence-electron chi connectivity index (χ1n) is 10.5. The Bertz CT molecular complexity index is 1290. The van der Waals surface area contributed by atoms with Crippen LogP contribution in [0.4, 0.5) is 18.9 Å². The fraction of sp³-hybridized carbons (Fsp3) is 0.0800. The standard InChI is InChI=1S/C25H19F3N4O2S/c26-17-11-12-18(22(28)21(17)27)30-19(33)13-29-20(34)14-35-25-31-23(15-7-3-1-4-8-15)24(32-25)16-9-5-2-6-10-16/h1-12H,13-14H2,(H,29,34)(H,30,33)(H,31,32). The maximum atomic E-state index is 13.7. The average molecular weight is 497 g/mol. The van der Waals surface area contributed by atoms with Crippen LogP contribution in [0.5, 0.6) is 0 Å². The van der Waals surface area contributed by atoms with E-state index in [-0.39, 0.29) is 5.75 Å². The number of nitrogens with one attached hydrogen (secondary N) is 3. The summed E-state index contributed by atoms with van der Waals surface area (Å²) in [6.07, 6.45) is 0. The second-order valence-corrected chi connectivity index (χ2v) is 8.30. The Balaban J connectivity index is 1.37. The number of carbonyl (C=O) groups is 2. The third-order valence-electron chi connectivity index (χ3n) is 4.89. The second kappa shape index (κ2) is 10.9. The molecule has 4 aromatic rings. The van der Waals surface area contributed by atoms with Gasteiger partial charge in [0, 0.05) is 11.1 Å². The molecule has 3 aromatic carbocycles. The number of aromatic amines is 1. The second-order valence-electron chi connectivity index (χ2n) is 7.33. The van der Waals surface area contributed by atoms with Crippen molar-refractivity contribution in [3.8, 4) is 22.5 Å². The van der Waals surface area contributed by atoms with Gasteiger partial charge in [0.2, 0.25) is 11.8 Å². The summed E-state index contributed by atoms with van der Waals surface area (Å²) >= 11 is 1.15. The van der Waals surface area contributed by atoms with Gasteiger partial charge in [-0.05, 0) is 12.1 Å². The van der Waals surface area contributed by atoms with Crippen LogP contribution in [-0.2, 0) is 9.59 Å². The largest absolute Gasteiger partial charge is 0.346 e. The monoisotopic (exact) mass is 496 g/mol. The molecule has 0 aliphatic carbocycles. The van der Waals surface area contributed by atoms with Gasteiger partial charge in [0.25, 0.3) is 0 Å². The maximum absolute atomic E-state index is 13.7. The Morgan fingerprint density at radius 1 is 0.829 bits per heavy atom. The molecule has 2 amide bonds. The topological polar surface area (TPSA) is 86.9 Å². The minimum atomic E-state index is -1.69. The molecule has 1 heterocycles. The molecular formula is C25H19F3N4O2S. The first-order chi connectivity index (χ1) is 16.9. The zero-order valence-corrected chi connectivity index (χ0v) is 19.0. The van der Waals surface area contributed by atoms with Crippen molar-refractivity contribution in [1.29, 1.82) is 0 Å². The minimum Gasteiger partial charge on any atom is -0.346 e. The molecule has 3 N–H and O–H groups in total. The van der Waals surface area contributed by atoms with Crippen molar-refractivity contribution in [3.63, 3.8) is 0 Å². The molecule has 6 nitrogen and oxygen atoms in total. The van der Waals surface area contributed by atoms with Crippen molar-refractivity contribution < 1.29 is 22.8 Å². The SMILES string of the molecule is O=C(CSc1nc(-c2ccccc2)c(-c2ccccc2)[nH]1)NCC(=O)Nc1ccc(F)c(F)c1F. The van der Waals surface area contributed by atoms with Gasteiger partial charge in [0.05, 0.1) is 29.4 Å². The van der Waals surface area contributed by atoms with Crippen molar-refractivity contribution in [1.82, 2.24) is 15.3 Å². The lowest BCUT2D eigenvalue weighted by Crippen LogP contribution is -2.34. The number of benzene rings is 3. The summed E-state index contributed by atoms with van der Waals surface area (Å²) < 4.78 is 40.0. The number of anilines is 1. The highest BCUT2D eigenvalue weighted by Gasteiger charge is 2.17. The number of rotatable bonds is 8. The van der Waals surface area contributed by atoms with Crippen LogP contribution in [0.3, 0.4) is 0 Å². The summed E-state index contributed by atoms with van der Waals surface area (Å²) in [5, 5.41) is 5.01. The Kier molecular flexibility index (Phi) is 7.51. The number of H-pyrrole nitrogens is 1. The summed E-state index contributed by atoms with van der Waals surface area (Å²) in [6.45, 7) is -0.472. The zero-order chi connectivity index (χ0) is 24.8. The predicted octanol–water partition coefficient (Wildman–Crippen LogP) is 5.01. The van der Waals surface area contributed by atoms with E-state index in [1.807, 2.05) is 60.7 Å². The van der Waals surface area contributed by atoms with E-state index in [4.69, 9.17) is 0 Å². The molecule has 0 bridgehead atoms. The van der Waals surface area contributed by atoms with Gasteiger partial charge in [0.15, 0.2) is 22.6 Å². The van der Waals surface area contributed by atoms with Crippen LogP contribution in [0.1, 0.15) is 0 Å². The molecular weight excluding hydrogens is 477 g/mol. The van der Waals surface area contributed by atoms with Gasteiger partial charge in [-0.15, -0.1) is 0 Å². The van der Waals surface area contributed by atoms with Crippen LogP contribution in [0.2, 0.25) is 0 Å². The Hall–Kier alpha value is -4.05. The normalized spacial score (nSPS) is 10.7. The molecule has 0 atom stereocenters. The highest BCUT2D eigenvalue weighted by atomic mass is 32.2. The fourth-order valence-electron chi connectivity index (χ4n) is 3.22. The van der Waals surface area contributed by atoms with Crippen molar-refractivity contribution in [2.24, 2.45) is 0 Å². The molecule has 0 fully saturated rings. The molecule has 10 heteroatoms.